The molecule has 3 rings (SSSR count). The Hall–Kier alpha value is -2.54. The Morgan fingerprint density at radius 2 is 1.72 bits per heavy atom. The van der Waals surface area contributed by atoms with Crippen LogP contribution in [-0.4, -0.2) is 49.9 Å². The summed E-state index contributed by atoms with van der Waals surface area (Å²) in [6.07, 6.45) is -4.53. The Morgan fingerprint density at radius 3 is 2.34 bits per heavy atom. The molecule has 0 amide bonds. The van der Waals surface area contributed by atoms with Gasteiger partial charge in [-0.1, -0.05) is 24.3 Å². The van der Waals surface area contributed by atoms with E-state index in [-0.39, 0.29) is 15.7 Å². The van der Waals surface area contributed by atoms with Crippen molar-refractivity contribution >= 4 is 38.8 Å². The highest BCUT2D eigenvalue weighted by Gasteiger charge is 2.33. The maximum atomic E-state index is 13.1. The molecule has 2 N–H and O–H groups in total. The van der Waals surface area contributed by atoms with Crippen LogP contribution in [0, 0.1) is 0 Å². The predicted molar refractivity (Wildman–Crippen MR) is 119 cm³/mol. The number of hydrogen-bond donors (Lipinski definition) is 2. The van der Waals surface area contributed by atoms with Crippen molar-refractivity contribution in [2.24, 2.45) is 5.10 Å². The Morgan fingerprint density at radius 1 is 1.09 bits per heavy atom. The van der Waals surface area contributed by atoms with Crippen LogP contribution in [0.1, 0.15) is 18.1 Å². The molecular formula is C20H21F3N4O3S2. The van der Waals surface area contributed by atoms with E-state index in [1.165, 1.54) is 34.6 Å². The van der Waals surface area contributed by atoms with Crippen molar-refractivity contribution in [3.8, 4) is 0 Å². The Kier molecular flexibility index (Phi) is 7.49. The van der Waals surface area contributed by atoms with Crippen LogP contribution in [0.15, 0.2) is 58.5 Å². The van der Waals surface area contributed by atoms with Gasteiger partial charge in [-0.05, 0) is 49.0 Å². The largest absolute Gasteiger partial charge is 0.418 e. The van der Waals surface area contributed by atoms with Gasteiger partial charge in [-0.2, -0.15) is 22.6 Å². The molecular weight excluding hydrogens is 465 g/mol. The first kappa shape index (κ1) is 24.1. The van der Waals surface area contributed by atoms with Crippen molar-refractivity contribution in [1.82, 2.24) is 9.73 Å². The van der Waals surface area contributed by atoms with Crippen LogP contribution in [0.5, 0.6) is 0 Å². The van der Waals surface area contributed by atoms with Gasteiger partial charge in [0, 0.05) is 13.1 Å². The molecule has 0 spiro atoms. The lowest BCUT2D eigenvalue weighted by molar-refractivity contribution is -0.136. The third kappa shape index (κ3) is 5.82. The molecule has 0 radical (unpaired) electrons. The molecule has 1 fully saturated rings. The molecule has 0 aromatic heterocycles. The van der Waals surface area contributed by atoms with E-state index in [1.54, 1.807) is 19.1 Å². The molecule has 32 heavy (non-hydrogen) atoms. The molecule has 0 aliphatic carbocycles. The molecule has 2 aromatic carbocycles. The molecule has 1 heterocycles. The Bertz CT molecular complexity index is 1100. The summed E-state index contributed by atoms with van der Waals surface area (Å²) >= 11 is 5.04. The number of thiocarbonyl (C=S) groups is 1. The van der Waals surface area contributed by atoms with Crippen LogP contribution < -0.4 is 10.7 Å². The molecule has 1 aliphatic rings. The summed E-state index contributed by atoms with van der Waals surface area (Å²) in [6, 6.07) is 11.1. The summed E-state index contributed by atoms with van der Waals surface area (Å²) in [7, 11) is -3.61. The topological polar surface area (TPSA) is 83.0 Å². The standard InChI is InChI=1S/C20H21F3N4O3S2/c1-14(25-26-19(31)24-18-5-3-2-4-17(18)20(21,22)23)15-6-8-16(9-7-15)32(28,29)27-10-12-30-13-11-27/h2-9H,10-13H2,1H3,(H2,24,26,31)/b25-14+. The average molecular weight is 487 g/mol. The van der Waals surface area contributed by atoms with Gasteiger partial charge >= 0.3 is 6.18 Å². The van der Waals surface area contributed by atoms with Crippen LogP contribution in [0.2, 0.25) is 0 Å². The van der Waals surface area contributed by atoms with E-state index >= 15 is 0 Å². The minimum Gasteiger partial charge on any atom is -0.379 e. The third-order valence-corrected chi connectivity index (χ3v) is 6.79. The zero-order valence-electron chi connectivity index (χ0n) is 17.0. The molecule has 1 saturated heterocycles. The van der Waals surface area contributed by atoms with E-state index in [1.807, 2.05) is 0 Å². The molecule has 0 bridgehead atoms. The predicted octanol–water partition coefficient (Wildman–Crippen LogP) is 3.44. The number of ether oxygens (including phenoxy) is 1. The highest BCUT2D eigenvalue weighted by atomic mass is 32.2. The summed E-state index contributed by atoms with van der Waals surface area (Å²) in [5.41, 5.74) is 2.56. The first-order valence-corrected chi connectivity index (χ1v) is 11.4. The first-order chi connectivity index (χ1) is 15.1. The SMILES string of the molecule is C/C(=N\NC(=S)Nc1ccccc1C(F)(F)F)c1ccc(S(=O)(=O)N2CCOCC2)cc1. The van der Waals surface area contributed by atoms with Crippen molar-refractivity contribution in [1.29, 1.82) is 0 Å². The summed E-state index contributed by atoms with van der Waals surface area (Å²) in [5, 5.41) is 6.44. The molecule has 172 valence electrons. The van der Waals surface area contributed by atoms with Gasteiger partial charge in [-0.25, -0.2) is 8.42 Å². The van der Waals surface area contributed by atoms with Crippen molar-refractivity contribution in [3.63, 3.8) is 0 Å². The van der Waals surface area contributed by atoms with Gasteiger partial charge in [-0.3, -0.25) is 5.43 Å². The van der Waals surface area contributed by atoms with Crippen molar-refractivity contribution in [2.75, 3.05) is 31.6 Å². The highest BCUT2D eigenvalue weighted by Crippen LogP contribution is 2.34. The number of morpholine rings is 1. The van der Waals surface area contributed by atoms with Crippen LogP contribution in [0.4, 0.5) is 18.9 Å². The van der Waals surface area contributed by atoms with Crippen LogP contribution in [0.3, 0.4) is 0 Å². The molecule has 0 unspecified atom stereocenters. The van der Waals surface area contributed by atoms with Gasteiger partial charge in [0.15, 0.2) is 5.11 Å². The maximum Gasteiger partial charge on any atom is 0.418 e. The van der Waals surface area contributed by atoms with Gasteiger partial charge in [-0.15, -0.1) is 0 Å². The Balaban J connectivity index is 1.66. The van der Waals surface area contributed by atoms with E-state index in [0.717, 1.165) is 6.07 Å². The normalized spacial score (nSPS) is 15.9. The van der Waals surface area contributed by atoms with E-state index in [0.29, 0.717) is 37.6 Å². The number of nitrogens with zero attached hydrogens (tertiary/aromatic N) is 2. The number of benzene rings is 2. The number of hydrogen-bond acceptors (Lipinski definition) is 5. The molecule has 1 aliphatic heterocycles. The van der Waals surface area contributed by atoms with E-state index in [4.69, 9.17) is 17.0 Å². The second kappa shape index (κ2) is 9.94. The highest BCUT2D eigenvalue weighted by molar-refractivity contribution is 7.89. The molecule has 0 atom stereocenters. The lowest BCUT2D eigenvalue weighted by atomic mass is 10.1. The maximum absolute atomic E-state index is 13.1. The smallest absolute Gasteiger partial charge is 0.379 e. The summed E-state index contributed by atoms with van der Waals surface area (Å²) in [4.78, 5) is 0.157. The monoisotopic (exact) mass is 486 g/mol. The fourth-order valence-corrected chi connectivity index (χ4v) is 4.56. The van der Waals surface area contributed by atoms with Gasteiger partial charge < -0.3 is 10.1 Å². The minimum atomic E-state index is -4.53. The van der Waals surface area contributed by atoms with E-state index < -0.39 is 21.8 Å². The van der Waals surface area contributed by atoms with Gasteiger partial charge in [0.25, 0.3) is 0 Å². The second-order valence-electron chi connectivity index (χ2n) is 6.85. The zero-order chi connectivity index (χ0) is 23.4. The number of para-hydroxylation sites is 1. The molecule has 0 saturated carbocycles. The number of hydrazone groups is 1. The summed E-state index contributed by atoms with van der Waals surface area (Å²) in [6.45, 7) is 2.98. The number of anilines is 1. The van der Waals surface area contributed by atoms with E-state index in [9.17, 15) is 21.6 Å². The quantitative estimate of drug-likeness (QED) is 0.383. The molecule has 2 aromatic rings. The first-order valence-electron chi connectivity index (χ1n) is 9.55. The fraction of sp³-hybridized carbons (Fsp3) is 0.300. The van der Waals surface area contributed by atoms with Gasteiger partial charge in [0.2, 0.25) is 10.0 Å². The average Bonchev–Trinajstić information content (AvgIpc) is 2.78. The van der Waals surface area contributed by atoms with Crippen LogP contribution in [0.25, 0.3) is 0 Å². The van der Waals surface area contributed by atoms with Crippen molar-refractivity contribution in [3.05, 3.63) is 59.7 Å². The number of alkyl halides is 3. The molecule has 12 heteroatoms. The van der Waals surface area contributed by atoms with Crippen LogP contribution >= 0.6 is 12.2 Å². The summed E-state index contributed by atoms with van der Waals surface area (Å²) in [5.74, 6) is 0. The van der Waals surface area contributed by atoms with E-state index in [2.05, 4.69) is 15.8 Å². The van der Waals surface area contributed by atoms with Gasteiger partial charge in [0.05, 0.1) is 35.1 Å². The zero-order valence-corrected chi connectivity index (χ0v) is 18.6. The third-order valence-electron chi connectivity index (χ3n) is 4.69. The van der Waals surface area contributed by atoms with Crippen molar-refractivity contribution < 1.29 is 26.3 Å². The van der Waals surface area contributed by atoms with Crippen molar-refractivity contribution in [2.45, 2.75) is 18.0 Å². The molecule has 7 nitrogen and oxygen atoms in total. The Labute approximate surface area is 189 Å². The minimum absolute atomic E-state index is 0.118. The summed E-state index contributed by atoms with van der Waals surface area (Å²) < 4.78 is 71.2. The second-order valence-corrected chi connectivity index (χ2v) is 9.19. The number of rotatable bonds is 5. The number of nitrogens with one attached hydrogen (secondary N) is 2. The lowest BCUT2D eigenvalue weighted by Crippen LogP contribution is -2.40. The fourth-order valence-electron chi connectivity index (χ4n) is 2.99. The van der Waals surface area contributed by atoms with Crippen LogP contribution in [-0.2, 0) is 20.9 Å². The number of halogens is 3. The number of sulfonamides is 1. The van der Waals surface area contributed by atoms with Gasteiger partial charge in [0.1, 0.15) is 0 Å². The lowest BCUT2D eigenvalue weighted by Gasteiger charge is -2.26.